The van der Waals surface area contributed by atoms with Crippen molar-refractivity contribution >= 4 is 5.91 Å². The number of carbonyl (C=O) groups is 1. The van der Waals surface area contributed by atoms with E-state index in [0.717, 1.165) is 24.2 Å². The molecule has 1 aromatic carbocycles. The number of hydrogen-bond donors (Lipinski definition) is 2. The molecule has 2 saturated heterocycles. The number of furan rings is 1. The van der Waals surface area contributed by atoms with E-state index < -0.39 is 0 Å². The third kappa shape index (κ3) is 2.36. The monoisotopic (exact) mass is 282 g/mol. The summed E-state index contributed by atoms with van der Waals surface area (Å²) in [6, 6.07) is 14.7. The summed E-state index contributed by atoms with van der Waals surface area (Å²) in [5, 5.41) is 6.62. The van der Waals surface area contributed by atoms with Crippen molar-refractivity contribution in [3.05, 3.63) is 48.2 Å². The van der Waals surface area contributed by atoms with Gasteiger partial charge in [-0.2, -0.15) is 0 Å². The molecule has 4 rings (SSSR count). The number of carbonyl (C=O) groups excluding carboxylic acids is 1. The van der Waals surface area contributed by atoms with Crippen molar-refractivity contribution < 1.29 is 9.21 Å². The van der Waals surface area contributed by atoms with Crippen molar-refractivity contribution in [3.8, 4) is 11.3 Å². The van der Waals surface area contributed by atoms with Gasteiger partial charge in [0.1, 0.15) is 5.76 Å². The van der Waals surface area contributed by atoms with Crippen molar-refractivity contribution in [2.24, 2.45) is 0 Å². The molecule has 2 fully saturated rings. The maximum atomic E-state index is 12.3. The van der Waals surface area contributed by atoms with Crippen molar-refractivity contribution in [3.63, 3.8) is 0 Å². The first-order valence-electron chi connectivity index (χ1n) is 7.52. The van der Waals surface area contributed by atoms with Gasteiger partial charge in [0.15, 0.2) is 5.76 Å². The van der Waals surface area contributed by atoms with E-state index in [4.69, 9.17) is 4.42 Å². The molecule has 2 N–H and O–H groups in total. The van der Waals surface area contributed by atoms with Crippen molar-refractivity contribution in [2.75, 3.05) is 0 Å². The molecule has 21 heavy (non-hydrogen) atoms. The third-order valence-corrected chi connectivity index (χ3v) is 4.50. The Morgan fingerprint density at radius 1 is 1.14 bits per heavy atom. The highest BCUT2D eigenvalue weighted by atomic mass is 16.3. The molecule has 1 amide bonds. The van der Waals surface area contributed by atoms with Gasteiger partial charge in [0.05, 0.1) is 0 Å². The van der Waals surface area contributed by atoms with Gasteiger partial charge in [0.25, 0.3) is 5.91 Å². The van der Waals surface area contributed by atoms with Gasteiger partial charge in [-0.1, -0.05) is 30.3 Å². The average molecular weight is 282 g/mol. The summed E-state index contributed by atoms with van der Waals surface area (Å²) in [5.41, 5.74) is 0.984. The Morgan fingerprint density at radius 3 is 2.71 bits per heavy atom. The molecule has 4 nitrogen and oxygen atoms in total. The normalized spacial score (nSPS) is 27.0. The highest BCUT2D eigenvalue weighted by Crippen LogP contribution is 2.28. The van der Waals surface area contributed by atoms with Crippen molar-refractivity contribution in [1.29, 1.82) is 0 Å². The number of benzene rings is 1. The van der Waals surface area contributed by atoms with Crippen LogP contribution in [0.2, 0.25) is 0 Å². The number of rotatable bonds is 3. The second-order valence-corrected chi connectivity index (χ2v) is 5.89. The predicted octanol–water partition coefficient (Wildman–Crippen LogP) is 2.57. The molecule has 0 radical (unpaired) electrons. The smallest absolute Gasteiger partial charge is 0.287 e. The fourth-order valence-electron chi connectivity index (χ4n) is 3.44. The molecule has 0 aliphatic carbocycles. The van der Waals surface area contributed by atoms with E-state index in [1.807, 2.05) is 36.4 Å². The molecular weight excluding hydrogens is 264 g/mol. The van der Waals surface area contributed by atoms with Crippen molar-refractivity contribution in [2.45, 2.75) is 37.4 Å². The topological polar surface area (TPSA) is 54.3 Å². The lowest BCUT2D eigenvalue weighted by molar-refractivity contribution is 0.0903. The first kappa shape index (κ1) is 12.7. The summed E-state index contributed by atoms with van der Waals surface area (Å²) in [6.45, 7) is 0. The van der Waals surface area contributed by atoms with Gasteiger partial charge in [0.2, 0.25) is 0 Å². The quantitative estimate of drug-likeness (QED) is 0.909. The maximum absolute atomic E-state index is 12.3. The first-order valence-corrected chi connectivity index (χ1v) is 7.52. The summed E-state index contributed by atoms with van der Waals surface area (Å²) >= 11 is 0. The highest BCUT2D eigenvalue weighted by Gasteiger charge is 2.39. The van der Waals surface area contributed by atoms with E-state index in [0.29, 0.717) is 17.8 Å². The lowest BCUT2D eigenvalue weighted by Crippen LogP contribution is -2.42. The number of fused-ring (bicyclic) bond motifs is 2. The van der Waals surface area contributed by atoms with Gasteiger partial charge in [0, 0.05) is 23.7 Å². The Bertz CT molecular complexity index is 650. The van der Waals surface area contributed by atoms with Crippen LogP contribution in [0.1, 0.15) is 29.8 Å². The van der Waals surface area contributed by atoms with Gasteiger partial charge < -0.3 is 15.1 Å². The Morgan fingerprint density at radius 2 is 2.00 bits per heavy atom. The van der Waals surface area contributed by atoms with Gasteiger partial charge in [-0.3, -0.25) is 4.79 Å². The van der Waals surface area contributed by atoms with Gasteiger partial charge in [-0.25, -0.2) is 0 Å². The molecule has 108 valence electrons. The van der Waals surface area contributed by atoms with Gasteiger partial charge in [-0.05, 0) is 31.4 Å². The van der Waals surface area contributed by atoms with Crippen LogP contribution in [-0.2, 0) is 0 Å². The molecule has 0 spiro atoms. The van der Waals surface area contributed by atoms with E-state index in [9.17, 15) is 4.79 Å². The second kappa shape index (κ2) is 5.04. The van der Waals surface area contributed by atoms with E-state index in [1.165, 1.54) is 6.42 Å². The minimum atomic E-state index is -0.114. The van der Waals surface area contributed by atoms with Crippen LogP contribution in [0.5, 0.6) is 0 Å². The molecule has 2 aliphatic rings. The number of amides is 1. The average Bonchev–Trinajstić information content (AvgIpc) is 3.24. The number of nitrogens with one attached hydrogen (secondary N) is 2. The molecule has 0 saturated carbocycles. The van der Waals surface area contributed by atoms with Crippen LogP contribution in [0, 0.1) is 0 Å². The molecule has 2 aliphatic heterocycles. The highest BCUT2D eigenvalue weighted by molar-refractivity contribution is 5.92. The molecule has 2 aromatic rings. The third-order valence-electron chi connectivity index (χ3n) is 4.50. The van der Waals surface area contributed by atoms with Crippen LogP contribution in [0.25, 0.3) is 11.3 Å². The molecule has 4 heteroatoms. The summed E-state index contributed by atoms with van der Waals surface area (Å²) < 4.78 is 5.69. The Balaban J connectivity index is 1.47. The first-order chi connectivity index (χ1) is 10.3. The van der Waals surface area contributed by atoms with E-state index in [2.05, 4.69) is 10.6 Å². The van der Waals surface area contributed by atoms with E-state index >= 15 is 0 Å². The second-order valence-electron chi connectivity index (χ2n) is 5.89. The molecule has 1 aromatic heterocycles. The van der Waals surface area contributed by atoms with Crippen LogP contribution in [-0.4, -0.2) is 24.0 Å². The van der Waals surface area contributed by atoms with E-state index in [1.54, 1.807) is 6.07 Å². The van der Waals surface area contributed by atoms with E-state index in [-0.39, 0.29) is 11.9 Å². The van der Waals surface area contributed by atoms with Crippen molar-refractivity contribution in [1.82, 2.24) is 10.6 Å². The lowest BCUT2D eigenvalue weighted by atomic mass is 9.95. The summed E-state index contributed by atoms with van der Waals surface area (Å²) in [6.07, 6.45) is 3.42. The molecule has 2 bridgehead atoms. The summed E-state index contributed by atoms with van der Waals surface area (Å²) in [5.74, 6) is 1.000. The standard InChI is InChI=1S/C17H18N2O2/c20-17(19-14-10-12-6-7-13(14)18-12)16-9-8-15(21-16)11-4-2-1-3-5-11/h1-5,8-9,12-14,18H,6-7,10H2,(H,19,20)/t12-,13-,14+/m0/s1. The Hall–Kier alpha value is -2.07. The van der Waals surface area contributed by atoms with Crippen LogP contribution in [0.4, 0.5) is 0 Å². The molecule has 3 heterocycles. The number of hydrogen-bond acceptors (Lipinski definition) is 3. The predicted molar refractivity (Wildman–Crippen MR) is 80.0 cm³/mol. The zero-order valence-corrected chi connectivity index (χ0v) is 11.7. The maximum Gasteiger partial charge on any atom is 0.287 e. The van der Waals surface area contributed by atoms with Crippen LogP contribution in [0.15, 0.2) is 46.9 Å². The van der Waals surface area contributed by atoms with Crippen LogP contribution >= 0.6 is 0 Å². The summed E-state index contributed by atoms with van der Waals surface area (Å²) in [4.78, 5) is 12.3. The fourth-order valence-corrected chi connectivity index (χ4v) is 3.44. The largest absolute Gasteiger partial charge is 0.451 e. The Labute approximate surface area is 123 Å². The van der Waals surface area contributed by atoms with Crippen LogP contribution in [0.3, 0.4) is 0 Å². The van der Waals surface area contributed by atoms with Crippen LogP contribution < -0.4 is 10.6 Å². The molecular formula is C17H18N2O2. The zero-order valence-electron chi connectivity index (χ0n) is 11.7. The minimum absolute atomic E-state index is 0.114. The summed E-state index contributed by atoms with van der Waals surface area (Å²) in [7, 11) is 0. The Kier molecular flexibility index (Phi) is 3.04. The SMILES string of the molecule is O=C(N[C@@H]1C[C@@H]2CC[C@@H]1N2)c1ccc(-c2ccccc2)o1. The molecule has 0 unspecified atom stereocenters. The van der Waals surface area contributed by atoms with Gasteiger partial charge >= 0.3 is 0 Å². The van der Waals surface area contributed by atoms with Gasteiger partial charge in [-0.15, -0.1) is 0 Å². The zero-order chi connectivity index (χ0) is 14.2. The lowest BCUT2D eigenvalue weighted by Gasteiger charge is -2.20. The molecule has 3 atom stereocenters. The minimum Gasteiger partial charge on any atom is -0.451 e. The fraction of sp³-hybridized carbons (Fsp3) is 0.353.